The first kappa shape index (κ1) is 13.4. The van der Waals surface area contributed by atoms with E-state index < -0.39 is 5.97 Å². The molecular formula is C15H15N3O3. The molecule has 0 saturated heterocycles. The average molecular weight is 285 g/mol. The number of hydrogen-bond donors (Lipinski definition) is 0. The molecule has 0 atom stereocenters. The van der Waals surface area contributed by atoms with Gasteiger partial charge in [0.2, 0.25) is 0 Å². The van der Waals surface area contributed by atoms with Gasteiger partial charge in [-0.15, -0.1) is 0 Å². The molecule has 1 aromatic carbocycles. The first-order valence-corrected chi connectivity index (χ1v) is 6.84. The third-order valence-electron chi connectivity index (χ3n) is 3.42. The topological polar surface area (TPSA) is 65.6 Å². The molecule has 0 saturated carbocycles. The van der Waals surface area contributed by atoms with Crippen molar-refractivity contribution in [2.24, 2.45) is 0 Å². The van der Waals surface area contributed by atoms with Crippen LogP contribution in [0.3, 0.4) is 0 Å². The summed E-state index contributed by atoms with van der Waals surface area (Å²) in [5.41, 5.74) is 1.23. The third-order valence-corrected chi connectivity index (χ3v) is 3.42. The number of imidazole rings is 1. The second kappa shape index (κ2) is 5.05. The number of aryl methyl sites for hydroxylation is 1. The fourth-order valence-corrected chi connectivity index (χ4v) is 2.52. The van der Waals surface area contributed by atoms with Gasteiger partial charge in [-0.2, -0.15) is 0 Å². The smallest absolute Gasteiger partial charge is 0.360 e. The van der Waals surface area contributed by atoms with Gasteiger partial charge in [-0.3, -0.25) is 13.8 Å². The van der Waals surface area contributed by atoms with E-state index in [0.717, 1.165) is 5.52 Å². The normalized spacial score (nSPS) is 11.1. The fraction of sp³-hybridized carbons (Fsp3) is 0.267. The summed E-state index contributed by atoms with van der Waals surface area (Å²) in [7, 11) is 0. The van der Waals surface area contributed by atoms with Crippen LogP contribution in [0.25, 0.3) is 16.6 Å². The Morgan fingerprint density at radius 3 is 2.76 bits per heavy atom. The minimum atomic E-state index is -0.517. The monoisotopic (exact) mass is 285 g/mol. The van der Waals surface area contributed by atoms with Crippen molar-refractivity contribution in [1.82, 2.24) is 14.0 Å². The van der Waals surface area contributed by atoms with Crippen LogP contribution in [0, 0.1) is 0 Å². The van der Waals surface area contributed by atoms with Crippen LogP contribution in [0.1, 0.15) is 24.3 Å². The number of fused-ring (bicyclic) bond motifs is 3. The van der Waals surface area contributed by atoms with E-state index in [2.05, 4.69) is 4.98 Å². The Bertz CT molecular complexity index is 892. The zero-order chi connectivity index (χ0) is 15.0. The van der Waals surface area contributed by atoms with Gasteiger partial charge in [0, 0.05) is 6.54 Å². The summed E-state index contributed by atoms with van der Waals surface area (Å²) in [5, 5.41) is 0.597. The largest absolute Gasteiger partial charge is 0.461 e. The van der Waals surface area contributed by atoms with E-state index in [1.54, 1.807) is 28.3 Å². The molecular weight excluding hydrogens is 270 g/mol. The van der Waals surface area contributed by atoms with E-state index in [-0.39, 0.29) is 17.9 Å². The molecule has 3 rings (SSSR count). The fourth-order valence-electron chi connectivity index (χ4n) is 2.52. The number of hydrogen-bond acceptors (Lipinski definition) is 4. The van der Waals surface area contributed by atoms with E-state index in [4.69, 9.17) is 4.74 Å². The molecule has 0 fully saturated rings. The van der Waals surface area contributed by atoms with Crippen LogP contribution in [0.2, 0.25) is 0 Å². The van der Waals surface area contributed by atoms with Crippen molar-refractivity contribution < 1.29 is 9.53 Å². The molecule has 0 amide bonds. The number of carbonyl (C=O) groups excluding carboxylic acids is 1. The molecule has 6 heteroatoms. The molecule has 6 nitrogen and oxygen atoms in total. The van der Waals surface area contributed by atoms with Crippen molar-refractivity contribution in [3.8, 4) is 0 Å². The second-order valence-corrected chi connectivity index (χ2v) is 4.57. The third kappa shape index (κ3) is 1.91. The van der Waals surface area contributed by atoms with Gasteiger partial charge >= 0.3 is 5.97 Å². The molecule has 0 spiro atoms. The molecule has 0 aliphatic rings. The Morgan fingerprint density at radius 2 is 2.05 bits per heavy atom. The van der Waals surface area contributed by atoms with E-state index in [9.17, 15) is 9.59 Å². The highest BCUT2D eigenvalue weighted by atomic mass is 16.5. The molecule has 21 heavy (non-hydrogen) atoms. The molecule has 0 radical (unpaired) electrons. The molecule has 2 aromatic heterocycles. The highest BCUT2D eigenvalue weighted by molar-refractivity contribution is 5.95. The zero-order valence-corrected chi connectivity index (χ0v) is 11.9. The lowest BCUT2D eigenvalue weighted by molar-refractivity contribution is 0.0522. The van der Waals surface area contributed by atoms with Crippen LogP contribution >= 0.6 is 0 Å². The number of benzene rings is 1. The summed E-state index contributed by atoms with van der Waals surface area (Å²) in [6, 6.07) is 7.27. The van der Waals surface area contributed by atoms with Crippen molar-refractivity contribution in [2.45, 2.75) is 20.4 Å². The zero-order valence-electron chi connectivity index (χ0n) is 11.9. The number of ether oxygens (including phenoxy) is 1. The molecule has 2 heterocycles. The summed E-state index contributed by atoms with van der Waals surface area (Å²) in [6.45, 7) is 4.31. The predicted octanol–water partition coefficient (Wildman–Crippen LogP) is 1.85. The van der Waals surface area contributed by atoms with Gasteiger partial charge in [0.25, 0.3) is 5.56 Å². The maximum absolute atomic E-state index is 12.6. The minimum Gasteiger partial charge on any atom is -0.461 e. The average Bonchev–Trinajstić information content (AvgIpc) is 2.93. The summed E-state index contributed by atoms with van der Waals surface area (Å²) in [6.07, 6.45) is 1.55. The number of aromatic nitrogens is 3. The number of para-hydroxylation sites is 1. The molecule has 0 aliphatic carbocycles. The van der Waals surface area contributed by atoms with Gasteiger partial charge in [0.05, 0.1) is 17.5 Å². The highest BCUT2D eigenvalue weighted by Crippen LogP contribution is 2.17. The van der Waals surface area contributed by atoms with Crippen molar-refractivity contribution in [3.63, 3.8) is 0 Å². The number of esters is 1. The quantitative estimate of drug-likeness (QED) is 0.689. The maximum Gasteiger partial charge on any atom is 0.360 e. The lowest BCUT2D eigenvalue weighted by atomic mass is 10.2. The molecule has 0 unspecified atom stereocenters. The van der Waals surface area contributed by atoms with Gasteiger partial charge in [0.15, 0.2) is 11.3 Å². The molecule has 108 valence electrons. The number of carbonyl (C=O) groups is 1. The summed E-state index contributed by atoms with van der Waals surface area (Å²) in [4.78, 5) is 28.7. The first-order valence-electron chi connectivity index (χ1n) is 6.84. The van der Waals surface area contributed by atoms with Crippen LogP contribution in [0.5, 0.6) is 0 Å². The molecule has 3 aromatic rings. The van der Waals surface area contributed by atoms with Crippen molar-refractivity contribution in [1.29, 1.82) is 0 Å². The van der Waals surface area contributed by atoms with Crippen LogP contribution in [0.15, 0.2) is 35.4 Å². The Kier molecular flexibility index (Phi) is 3.21. The van der Waals surface area contributed by atoms with E-state index >= 15 is 0 Å². The Labute approximate surface area is 120 Å². The Balaban J connectivity index is 2.46. The molecule has 0 aliphatic heterocycles. The van der Waals surface area contributed by atoms with Gasteiger partial charge in [-0.05, 0) is 26.0 Å². The standard InChI is InChI=1S/C15H15N3O3/c1-3-17-13-12(15(20)21-4-2)16-9-18(13)11-8-6-5-7-10(11)14(17)19/h5-9H,3-4H2,1-2H3. The summed E-state index contributed by atoms with van der Waals surface area (Å²) in [5.74, 6) is -0.517. The maximum atomic E-state index is 12.6. The second-order valence-electron chi connectivity index (χ2n) is 4.57. The predicted molar refractivity (Wildman–Crippen MR) is 78.6 cm³/mol. The lowest BCUT2D eigenvalue weighted by Crippen LogP contribution is -2.23. The van der Waals surface area contributed by atoms with Crippen LogP contribution in [0.4, 0.5) is 0 Å². The van der Waals surface area contributed by atoms with Gasteiger partial charge in [-0.1, -0.05) is 12.1 Å². The van der Waals surface area contributed by atoms with Crippen molar-refractivity contribution >= 4 is 22.5 Å². The van der Waals surface area contributed by atoms with E-state index in [0.29, 0.717) is 17.6 Å². The summed E-state index contributed by atoms with van der Waals surface area (Å²) >= 11 is 0. The Morgan fingerprint density at radius 1 is 1.29 bits per heavy atom. The number of rotatable bonds is 3. The highest BCUT2D eigenvalue weighted by Gasteiger charge is 2.20. The summed E-state index contributed by atoms with van der Waals surface area (Å²) < 4.78 is 8.32. The first-order chi connectivity index (χ1) is 10.2. The van der Waals surface area contributed by atoms with Crippen LogP contribution in [-0.2, 0) is 11.3 Å². The van der Waals surface area contributed by atoms with Gasteiger partial charge in [-0.25, -0.2) is 9.78 Å². The van der Waals surface area contributed by atoms with E-state index in [1.165, 1.54) is 0 Å². The van der Waals surface area contributed by atoms with E-state index in [1.807, 2.05) is 25.1 Å². The molecule has 0 N–H and O–H groups in total. The van der Waals surface area contributed by atoms with Crippen molar-refractivity contribution in [2.75, 3.05) is 6.61 Å². The molecule has 0 bridgehead atoms. The SMILES string of the molecule is CCOC(=O)c1ncn2c3ccccc3c(=O)n(CC)c12. The number of nitrogens with zero attached hydrogens (tertiary/aromatic N) is 3. The van der Waals surface area contributed by atoms with Crippen molar-refractivity contribution in [3.05, 3.63) is 46.6 Å². The van der Waals surface area contributed by atoms with Crippen LogP contribution < -0.4 is 5.56 Å². The van der Waals surface area contributed by atoms with Crippen LogP contribution in [-0.4, -0.2) is 26.5 Å². The van der Waals surface area contributed by atoms with Gasteiger partial charge in [0.1, 0.15) is 6.33 Å². The van der Waals surface area contributed by atoms with Gasteiger partial charge < -0.3 is 4.74 Å². The Hall–Kier alpha value is -2.63. The minimum absolute atomic E-state index is 0.133. The lowest BCUT2D eigenvalue weighted by Gasteiger charge is -2.10.